The quantitative estimate of drug-likeness (QED) is 0.800. The Labute approximate surface area is 127 Å². The van der Waals surface area contributed by atoms with Crippen LogP contribution in [0.15, 0.2) is 47.9 Å². The molecule has 0 radical (unpaired) electrons. The molecule has 0 saturated heterocycles. The first-order valence-corrected chi connectivity index (χ1v) is 8.72. The van der Waals surface area contributed by atoms with Gasteiger partial charge in [-0.1, -0.05) is 46.3 Å². The highest BCUT2D eigenvalue weighted by atomic mass is 79.9. The Morgan fingerprint density at radius 3 is 2.60 bits per heavy atom. The van der Waals surface area contributed by atoms with Crippen LogP contribution in [0.25, 0.3) is 0 Å². The summed E-state index contributed by atoms with van der Waals surface area (Å²) >= 11 is 3.35. The third-order valence-electron chi connectivity index (χ3n) is 2.79. The first-order valence-electron chi connectivity index (χ1n) is 6.11. The van der Waals surface area contributed by atoms with Gasteiger partial charge in [-0.3, -0.25) is 0 Å². The van der Waals surface area contributed by atoms with Crippen molar-refractivity contribution in [3.8, 4) is 0 Å². The number of aryl methyl sites for hydroxylation is 1. The number of benzene rings is 1. The van der Waals surface area contributed by atoms with Crippen LogP contribution in [0.1, 0.15) is 5.56 Å². The maximum absolute atomic E-state index is 12.2. The third kappa shape index (κ3) is 3.91. The molecule has 0 spiro atoms. The molecule has 7 heteroatoms. The monoisotopic (exact) mass is 357 g/mol. The summed E-state index contributed by atoms with van der Waals surface area (Å²) in [6, 6.07) is 9.55. The van der Waals surface area contributed by atoms with Crippen molar-refractivity contribution >= 4 is 26.0 Å². The van der Waals surface area contributed by atoms with Gasteiger partial charge in [-0.25, -0.2) is 18.1 Å². The molecule has 20 heavy (non-hydrogen) atoms. The molecule has 1 N–H and O–H groups in total. The third-order valence-corrected chi connectivity index (χ3v) is 4.98. The van der Waals surface area contributed by atoms with E-state index in [1.807, 2.05) is 30.3 Å². The first-order chi connectivity index (χ1) is 9.51. The SMILES string of the molecule is Cn1cnc(S(=O)(=O)NC(CBr)Cc2ccccc2)c1. The molecule has 1 atom stereocenters. The molecule has 0 aliphatic heterocycles. The number of rotatable bonds is 6. The second-order valence-corrected chi connectivity index (χ2v) is 6.85. The first kappa shape index (κ1) is 15.2. The van der Waals surface area contributed by atoms with Gasteiger partial charge in [0.25, 0.3) is 10.0 Å². The van der Waals surface area contributed by atoms with Gasteiger partial charge < -0.3 is 4.57 Å². The van der Waals surface area contributed by atoms with Gasteiger partial charge in [0.05, 0.1) is 6.33 Å². The molecular formula is C13H16BrN3O2S. The Morgan fingerprint density at radius 2 is 2.05 bits per heavy atom. The van der Waals surface area contributed by atoms with Crippen LogP contribution in [-0.4, -0.2) is 29.3 Å². The van der Waals surface area contributed by atoms with Crippen molar-refractivity contribution in [2.75, 3.05) is 5.33 Å². The zero-order valence-electron chi connectivity index (χ0n) is 11.0. The summed E-state index contributed by atoms with van der Waals surface area (Å²) in [7, 11) is -1.85. The molecule has 0 aliphatic rings. The van der Waals surface area contributed by atoms with Gasteiger partial charge in [0, 0.05) is 24.6 Å². The summed E-state index contributed by atoms with van der Waals surface area (Å²) in [6.45, 7) is 0. The zero-order chi connectivity index (χ0) is 14.6. The standard InChI is InChI=1S/C13H16BrN3O2S/c1-17-9-13(15-10-17)20(18,19)16-12(8-14)7-11-5-3-2-4-6-11/h2-6,9-10,12,16H,7-8H2,1H3. The van der Waals surface area contributed by atoms with E-state index in [4.69, 9.17) is 0 Å². The van der Waals surface area contributed by atoms with E-state index in [0.717, 1.165) is 5.56 Å². The number of hydrogen-bond donors (Lipinski definition) is 1. The lowest BCUT2D eigenvalue weighted by atomic mass is 10.1. The Hall–Kier alpha value is -1.18. The van der Waals surface area contributed by atoms with Crippen LogP contribution < -0.4 is 4.72 Å². The highest BCUT2D eigenvalue weighted by molar-refractivity contribution is 9.09. The van der Waals surface area contributed by atoms with E-state index < -0.39 is 10.0 Å². The van der Waals surface area contributed by atoms with E-state index in [2.05, 4.69) is 25.6 Å². The van der Waals surface area contributed by atoms with Crippen molar-refractivity contribution in [3.05, 3.63) is 48.4 Å². The average molecular weight is 358 g/mol. The van der Waals surface area contributed by atoms with Crippen LogP contribution >= 0.6 is 15.9 Å². The van der Waals surface area contributed by atoms with Crippen LogP contribution in [0.5, 0.6) is 0 Å². The Kier molecular flexibility index (Phi) is 4.95. The minimum atomic E-state index is -3.58. The number of halogens is 1. The Balaban J connectivity index is 2.10. The second-order valence-electron chi connectivity index (χ2n) is 4.54. The second kappa shape index (κ2) is 6.51. The van der Waals surface area contributed by atoms with Gasteiger partial charge in [-0.15, -0.1) is 0 Å². The maximum atomic E-state index is 12.2. The number of imidazole rings is 1. The minimum absolute atomic E-state index is 0.0408. The topological polar surface area (TPSA) is 64.0 Å². The molecule has 1 unspecified atom stereocenters. The fraction of sp³-hybridized carbons (Fsp3) is 0.308. The number of aromatic nitrogens is 2. The average Bonchev–Trinajstić information content (AvgIpc) is 2.86. The lowest BCUT2D eigenvalue weighted by Gasteiger charge is -2.15. The van der Waals surface area contributed by atoms with Crippen LogP contribution in [-0.2, 0) is 23.5 Å². The maximum Gasteiger partial charge on any atom is 0.259 e. The van der Waals surface area contributed by atoms with Crippen molar-refractivity contribution in [2.24, 2.45) is 7.05 Å². The smallest absolute Gasteiger partial charge is 0.259 e. The summed E-state index contributed by atoms with van der Waals surface area (Å²) < 4.78 is 28.7. The molecule has 2 rings (SSSR count). The predicted molar refractivity (Wildman–Crippen MR) is 81.3 cm³/mol. The van der Waals surface area contributed by atoms with Crippen LogP contribution in [0, 0.1) is 0 Å². The van der Waals surface area contributed by atoms with Gasteiger partial charge in [-0.05, 0) is 12.0 Å². The highest BCUT2D eigenvalue weighted by Crippen LogP contribution is 2.10. The molecule has 0 aliphatic carbocycles. The number of nitrogens with one attached hydrogen (secondary N) is 1. The molecule has 2 aromatic rings. The Bertz CT molecular complexity index is 655. The van der Waals surface area contributed by atoms with Crippen molar-refractivity contribution in [3.63, 3.8) is 0 Å². The van der Waals surface area contributed by atoms with E-state index in [1.165, 1.54) is 12.5 Å². The van der Waals surface area contributed by atoms with Crippen molar-refractivity contribution in [1.29, 1.82) is 0 Å². The normalized spacial score (nSPS) is 13.3. The van der Waals surface area contributed by atoms with Gasteiger partial charge in [0.1, 0.15) is 0 Å². The summed E-state index contributed by atoms with van der Waals surface area (Å²) in [5, 5.41) is 0.576. The summed E-state index contributed by atoms with van der Waals surface area (Å²) in [4.78, 5) is 3.88. The summed E-state index contributed by atoms with van der Waals surface area (Å²) in [5.41, 5.74) is 1.08. The molecule has 108 valence electrons. The molecule has 1 heterocycles. The van der Waals surface area contributed by atoms with E-state index in [-0.39, 0.29) is 11.1 Å². The molecule has 0 fully saturated rings. The van der Waals surface area contributed by atoms with Gasteiger partial charge in [-0.2, -0.15) is 0 Å². The van der Waals surface area contributed by atoms with E-state index >= 15 is 0 Å². The summed E-state index contributed by atoms with van der Waals surface area (Å²) in [5.74, 6) is 0. The van der Waals surface area contributed by atoms with E-state index in [1.54, 1.807) is 11.6 Å². The Morgan fingerprint density at radius 1 is 1.35 bits per heavy atom. The van der Waals surface area contributed by atoms with E-state index in [0.29, 0.717) is 11.8 Å². The molecule has 0 saturated carbocycles. The van der Waals surface area contributed by atoms with Gasteiger partial charge in [0.15, 0.2) is 5.03 Å². The van der Waals surface area contributed by atoms with Crippen molar-refractivity contribution in [1.82, 2.24) is 14.3 Å². The molecular weight excluding hydrogens is 342 g/mol. The molecule has 0 amide bonds. The fourth-order valence-corrected chi connectivity index (χ4v) is 3.66. The van der Waals surface area contributed by atoms with Crippen LogP contribution in [0.3, 0.4) is 0 Å². The molecule has 5 nitrogen and oxygen atoms in total. The molecule has 0 bridgehead atoms. The number of hydrogen-bond acceptors (Lipinski definition) is 3. The van der Waals surface area contributed by atoms with Crippen molar-refractivity contribution < 1.29 is 8.42 Å². The van der Waals surface area contributed by atoms with Gasteiger partial charge in [0.2, 0.25) is 0 Å². The lowest BCUT2D eigenvalue weighted by molar-refractivity contribution is 0.559. The van der Waals surface area contributed by atoms with Crippen LogP contribution in [0.2, 0.25) is 0 Å². The fourth-order valence-electron chi connectivity index (χ4n) is 1.83. The minimum Gasteiger partial charge on any atom is -0.339 e. The highest BCUT2D eigenvalue weighted by Gasteiger charge is 2.21. The number of alkyl halides is 1. The lowest BCUT2D eigenvalue weighted by Crippen LogP contribution is -2.37. The largest absolute Gasteiger partial charge is 0.339 e. The predicted octanol–water partition coefficient (Wildman–Crippen LogP) is 1.70. The number of sulfonamides is 1. The molecule has 1 aromatic heterocycles. The molecule has 1 aromatic carbocycles. The van der Waals surface area contributed by atoms with Crippen molar-refractivity contribution in [2.45, 2.75) is 17.5 Å². The summed E-state index contributed by atoms with van der Waals surface area (Å²) in [6.07, 6.45) is 3.57. The van der Waals surface area contributed by atoms with Gasteiger partial charge >= 0.3 is 0 Å². The van der Waals surface area contributed by atoms with Crippen LogP contribution in [0.4, 0.5) is 0 Å². The van der Waals surface area contributed by atoms with E-state index in [9.17, 15) is 8.42 Å². The zero-order valence-corrected chi connectivity index (χ0v) is 13.4. The number of nitrogens with zero attached hydrogens (tertiary/aromatic N) is 2.